The number of aliphatic hydroxyl groups excluding tert-OH is 1. The summed E-state index contributed by atoms with van der Waals surface area (Å²) in [5.41, 5.74) is -0.157. The summed E-state index contributed by atoms with van der Waals surface area (Å²) in [7, 11) is 0. The van der Waals surface area contributed by atoms with E-state index in [2.05, 4.69) is 0 Å². The molecule has 13 heavy (non-hydrogen) atoms. The van der Waals surface area contributed by atoms with Gasteiger partial charge in [-0.2, -0.15) is 0 Å². The molecule has 1 rings (SSSR count). The largest absolute Gasteiger partial charge is 0.465 e. The van der Waals surface area contributed by atoms with Crippen molar-refractivity contribution in [2.24, 2.45) is 11.3 Å². The molecule has 1 aliphatic rings. The Labute approximate surface area is 78.2 Å². The summed E-state index contributed by atoms with van der Waals surface area (Å²) in [4.78, 5) is 11.8. The Bertz CT molecular complexity index is 203. The van der Waals surface area contributed by atoms with E-state index in [4.69, 9.17) is 5.11 Å². The third-order valence-electron chi connectivity index (χ3n) is 2.51. The van der Waals surface area contributed by atoms with Gasteiger partial charge >= 0.3 is 6.09 Å². The minimum atomic E-state index is -0.891. The lowest BCUT2D eigenvalue weighted by Gasteiger charge is -2.43. The van der Waals surface area contributed by atoms with Crippen LogP contribution in [0.3, 0.4) is 0 Å². The number of hydrogen-bond acceptors (Lipinski definition) is 2. The van der Waals surface area contributed by atoms with Gasteiger partial charge in [-0.25, -0.2) is 4.79 Å². The second kappa shape index (κ2) is 3.18. The highest BCUT2D eigenvalue weighted by Gasteiger charge is 2.40. The van der Waals surface area contributed by atoms with Crippen LogP contribution in [0.2, 0.25) is 0 Å². The summed E-state index contributed by atoms with van der Waals surface area (Å²) >= 11 is 0. The molecule has 1 fully saturated rings. The molecule has 1 atom stereocenters. The van der Waals surface area contributed by atoms with Crippen LogP contribution in [-0.4, -0.2) is 40.4 Å². The molecule has 1 heterocycles. The molecule has 1 unspecified atom stereocenters. The molecular weight excluding hydrogens is 170 g/mol. The van der Waals surface area contributed by atoms with Gasteiger partial charge < -0.3 is 15.1 Å². The standard InChI is InChI=1S/C9H17NO3/c1-9(2,3)7(11)6-4-10(5-6)8(12)13/h6-7,11H,4-5H2,1-3H3,(H,12,13). The number of likely N-dealkylation sites (tertiary alicyclic amines) is 1. The van der Waals surface area contributed by atoms with E-state index in [1.54, 1.807) is 0 Å². The number of hydrogen-bond donors (Lipinski definition) is 2. The highest BCUT2D eigenvalue weighted by Crippen LogP contribution is 2.30. The van der Waals surface area contributed by atoms with Crippen molar-refractivity contribution in [2.75, 3.05) is 13.1 Å². The van der Waals surface area contributed by atoms with Crippen molar-refractivity contribution >= 4 is 6.09 Å². The lowest BCUT2D eigenvalue weighted by Crippen LogP contribution is -2.56. The maximum Gasteiger partial charge on any atom is 0.407 e. The van der Waals surface area contributed by atoms with E-state index >= 15 is 0 Å². The van der Waals surface area contributed by atoms with Crippen LogP contribution in [0, 0.1) is 11.3 Å². The van der Waals surface area contributed by atoms with Crippen molar-refractivity contribution < 1.29 is 15.0 Å². The normalized spacial score (nSPS) is 21.1. The van der Waals surface area contributed by atoms with Gasteiger partial charge in [0, 0.05) is 19.0 Å². The zero-order chi connectivity index (χ0) is 10.2. The number of amides is 1. The minimum absolute atomic E-state index is 0.107. The van der Waals surface area contributed by atoms with Crippen molar-refractivity contribution in [3.63, 3.8) is 0 Å². The van der Waals surface area contributed by atoms with Crippen LogP contribution >= 0.6 is 0 Å². The van der Waals surface area contributed by atoms with Gasteiger partial charge in [-0.05, 0) is 5.41 Å². The second-order valence-corrected chi connectivity index (χ2v) is 4.76. The summed E-state index contributed by atoms with van der Waals surface area (Å²) in [5.74, 6) is 0.107. The number of rotatable bonds is 1. The molecule has 0 spiro atoms. The molecular formula is C9H17NO3. The van der Waals surface area contributed by atoms with E-state index in [9.17, 15) is 9.90 Å². The highest BCUT2D eigenvalue weighted by molar-refractivity contribution is 5.66. The molecule has 0 saturated carbocycles. The van der Waals surface area contributed by atoms with Crippen LogP contribution in [0.4, 0.5) is 4.79 Å². The van der Waals surface area contributed by atoms with Gasteiger partial charge in [0.15, 0.2) is 0 Å². The molecule has 1 saturated heterocycles. The van der Waals surface area contributed by atoms with Crippen molar-refractivity contribution in [3.05, 3.63) is 0 Å². The van der Waals surface area contributed by atoms with Crippen LogP contribution in [0.1, 0.15) is 20.8 Å². The quantitative estimate of drug-likeness (QED) is 0.644. The van der Waals surface area contributed by atoms with E-state index in [1.807, 2.05) is 20.8 Å². The van der Waals surface area contributed by atoms with Gasteiger partial charge in [0.25, 0.3) is 0 Å². The zero-order valence-electron chi connectivity index (χ0n) is 8.32. The molecule has 4 nitrogen and oxygen atoms in total. The summed E-state index contributed by atoms with van der Waals surface area (Å²) in [5, 5.41) is 18.4. The maximum atomic E-state index is 10.4. The van der Waals surface area contributed by atoms with Crippen LogP contribution in [0.5, 0.6) is 0 Å². The molecule has 0 radical (unpaired) electrons. The monoisotopic (exact) mass is 187 g/mol. The lowest BCUT2D eigenvalue weighted by molar-refractivity contribution is -0.0490. The molecule has 0 aromatic heterocycles. The van der Waals surface area contributed by atoms with Crippen molar-refractivity contribution in [1.82, 2.24) is 4.90 Å². The number of nitrogens with zero attached hydrogens (tertiary/aromatic N) is 1. The summed E-state index contributed by atoms with van der Waals surface area (Å²) in [6, 6.07) is 0. The fourth-order valence-electron chi connectivity index (χ4n) is 1.58. The fraction of sp³-hybridized carbons (Fsp3) is 0.889. The SMILES string of the molecule is CC(C)(C)C(O)C1CN(C(=O)O)C1. The molecule has 0 aliphatic carbocycles. The van der Waals surface area contributed by atoms with Gasteiger partial charge in [0.05, 0.1) is 6.10 Å². The first-order valence-electron chi connectivity index (χ1n) is 4.48. The topological polar surface area (TPSA) is 60.8 Å². The number of aliphatic hydroxyl groups is 1. The first kappa shape index (κ1) is 10.3. The van der Waals surface area contributed by atoms with Crippen LogP contribution in [0.25, 0.3) is 0 Å². The molecule has 1 aliphatic heterocycles. The molecule has 0 aromatic carbocycles. The fourth-order valence-corrected chi connectivity index (χ4v) is 1.58. The average molecular weight is 187 g/mol. The van der Waals surface area contributed by atoms with Gasteiger partial charge in [-0.3, -0.25) is 0 Å². The number of carbonyl (C=O) groups is 1. The van der Waals surface area contributed by atoms with Crippen LogP contribution in [-0.2, 0) is 0 Å². The van der Waals surface area contributed by atoms with Crippen molar-refractivity contribution in [2.45, 2.75) is 26.9 Å². The van der Waals surface area contributed by atoms with Gasteiger partial charge in [-0.15, -0.1) is 0 Å². The van der Waals surface area contributed by atoms with Crippen LogP contribution < -0.4 is 0 Å². The Kier molecular flexibility index (Phi) is 2.52. The smallest absolute Gasteiger partial charge is 0.407 e. The minimum Gasteiger partial charge on any atom is -0.465 e. The zero-order valence-corrected chi connectivity index (χ0v) is 8.32. The predicted molar refractivity (Wildman–Crippen MR) is 48.5 cm³/mol. The first-order valence-corrected chi connectivity index (χ1v) is 4.48. The maximum absolute atomic E-state index is 10.4. The molecule has 0 bridgehead atoms. The molecule has 0 aromatic rings. The van der Waals surface area contributed by atoms with E-state index in [0.29, 0.717) is 13.1 Å². The molecule has 2 N–H and O–H groups in total. The van der Waals surface area contributed by atoms with Crippen molar-refractivity contribution in [3.8, 4) is 0 Å². The van der Waals surface area contributed by atoms with E-state index in [-0.39, 0.29) is 11.3 Å². The average Bonchev–Trinajstić information content (AvgIpc) is 1.80. The Hall–Kier alpha value is -0.770. The molecule has 4 heteroatoms. The Morgan fingerprint density at radius 1 is 1.46 bits per heavy atom. The second-order valence-electron chi connectivity index (χ2n) is 4.76. The van der Waals surface area contributed by atoms with Gasteiger partial charge in [-0.1, -0.05) is 20.8 Å². The summed E-state index contributed by atoms with van der Waals surface area (Å²) in [6.07, 6.45) is -1.31. The van der Waals surface area contributed by atoms with Gasteiger partial charge in [0.1, 0.15) is 0 Å². The number of carboxylic acid groups (broad SMARTS) is 1. The Balaban J connectivity index is 2.39. The van der Waals surface area contributed by atoms with E-state index in [1.165, 1.54) is 4.90 Å². The third-order valence-corrected chi connectivity index (χ3v) is 2.51. The first-order chi connectivity index (χ1) is 5.82. The van der Waals surface area contributed by atoms with Crippen molar-refractivity contribution in [1.29, 1.82) is 0 Å². The molecule has 1 amide bonds. The summed E-state index contributed by atoms with van der Waals surface area (Å²) < 4.78 is 0. The van der Waals surface area contributed by atoms with Gasteiger partial charge in [0.2, 0.25) is 0 Å². The highest BCUT2D eigenvalue weighted by atomic mass is 16.4. The lowest BCUT2D eigenvalue weighted by atomic mass is 9.78. The summed E-state index contributed by atoms with van der Waals surface area (Å²) in [6.45, 7) is 6.81. The van der Waals surface area contributed by atoms with E-state index in [0.717, 1.165) is 0 Å². The predicted octanol–water partition coefficient (Wildman–Crippen LogP) is 1.00. The van der Waals surface area contributed by atoms with Crippen LogP contribution in [0.15, 0.2) is 0 Å². The molecule has 76 valence electrons. The Morgan fingerprint density at radius 3 is 2.23 bits per heavy atom. The Morgan fingerprint density at radius 2 is 1.92 bits per heavy atom. The third kappa shape index (κ3) is 2.12. The van der Waals surface area contributed by atoms with E-state index < -0.39 is 12.2 Å².